The summed E-state index contributed by atoms with van der Waals surface area (Å²) >= 11 is 3.00. The molecule has 0 radical (unpaired) electrons. The molecule has 0 saturated carbocycles. The molecule has 5 aromatic rings. The van der Waals surface area contributed by atoms with Crippen LogP contribution in [0.25, 0.3) is 16.6 Å². The van der Waals surface area contributed by atoms with Gasteiger partial charge in [-0.25, -0.2) is 0 Å². The molecule has 0 saturated heterocycles. The fourth-order valence-electron chi connectivity index (χ4n) is 6.27. The number of hydrogen-bond acceptors (Lipinski definition) is 6. The maximum atomic E-state index is 12.9. The normalized spacial score (nSPS) is 14.6. The average Bonchev–Trinajstić information content (AvgIpc) is 3.71. The van der Waals surface area contributed by atoms with Gasteiger partial charge in [0.25, 0.3) is 0 Å². The van der Waals surface area contributed by atoms with Crippen LogP contribution in [0.2, 0.25) is 0 Å². The summed E-state index contributed by atoms with van der Waals surface area (Å²) < 4.78 is 0. The van der Waals surface area contributed by atoms with Crippen molar-refractivity contribution in [3.8, 4) is 10.6 Å². The number of fused-ring (bicyclic) bond motifs is 4. The van der Waals surface area contributed by atoms with Crippen LogP contribution >= 0.6 is 22.7 Å². The lowest BCUT2D eigenvalue weighted by Crippen LogP contribution is -2.17. The number of hydrogen-bond donors (Lipinski definition) is 0. The molecule has 2 aliphatic carbocycles. The van der Waals surface area contributed by atoms with E-state index in [9.17, 15) is 9.59 Å². The Labute approximate surface area is 260 Å². The van der Waals surface area contributed by atoms with Crippen LogP contribution in [0, 0.1) is 34.6 Å². The van der Waals surface area contributed by atoms with Gasteiger partial charge in [-0.3, -0.25) is 14.6 Å². The fraction of sp³-hybridized carbons (Fsp3) is 0.216. The largest absolute Gasteiger partial charge is 0.309 e. The number of pyridine rings is 1. The fourth-order valence-corrected chi connectivity index (χ4v) is 8.35. The van der Waals surface area contributed by atoms with E-state index in [1.54, 1.807) is 28.2 Å². The molecule has 0 fully saturated rings. The molecule has 3 heterocycles. The van der Waals surface area contributed by atoms with Gasteiger partial charge in [-0.05, 0) is 116 Å². The van der Waals surface area contributed by atoms with Gasteiger partial charge in [0.05, 0.1) is 28.0 Å². The van der Waals surface area contributed by atoms with Crippen molar-refractivity contribution in [1.82, 2.24) is 4.98 Å². The van der Waals surface area contributed by atoms with Gasteiger partial charge in [0, 0.05) is 43.6 Å². The number of anilines is 3. The molecule has 2 aliphatic rings. The van der Waals surface area contributed by atoms with Crippen LogP contribution in [0.1, 0.15) is 78.4 Å². The van der Waals surface area contributed by atoms with Gasteiger partial charge in [-0.1, -0.05) is 19.9 Å². The van der Waals surface area contributed by atoms with Crippen molar-refractivity contribution in [3.63, 3.8) is 0 Å². The van der Waals surface area contributed by atoms with Gasteiger partial charge in [-0.2, -0.15) is 11.3 Å². The predicted octanol–water partition coefficient (Wildman–Crippen LogP) is 9.99. The van der Waals surface area contributed by atoms with Crippen LogP contribution in [0.3, 0.4) is 0 Å². The summed E-state index contributed by atoms with van der Waals surface area (Å²) in [5.41, 5.74) is 13.9. The van der Waals surface area contributed by atoms with E-state index in [0.717, 1.165) is 32.5 Å². The molecule has 6 heteroatoms. The number of allylic oxidation sites excluding steroid dienone is 1. The Balaban J connectivity index is 1.33. The molecule has 0 N–H and O–H groups in total. The number of nitrogens with zero attached hydrogens (tertiary/aromatic N) is 2. The zero-order chi connectivity index (χ0) is 30.4. The minimum Gasteiger partial charge on any atom is -0.309 e. The lowest BCUT2D eigenvalue weighted by Gasteiger charge is -2.29. The number of aryl methyl sites for hydroxylation is 4. The maximum Gasteiger partial charge on any atom is 0.198 e. The third-order valence-electron chi connectivity index (χ3n) is 9.29. The Bertz CT molecular complexity index is 2000. The number of rotatable bonds is 4. The minimum atomic E-state index is -0.295. The molecule has 0 aliphatic heterocycles. The Morgan fingerprint density at radius 3 is 2.05 bits per heavy atom. The van der Waals surface area contributed by atoms with Gasteiger partial charge in [-0.15, -0.1) is 11.3 Å². The molecule has 3 aromatic heterocycles. The first-order chi connectivity index (χ1) is 20.5. The van der Waals surface area contributed by atoms with Crippen LogP contribution in [0.4, 0.5) is 17.1 Å². The van der Waals surface area contributed by atoms with Crippen molar-refractivity contribution in [1.29, 1.82) is 0 Å². The van der Waals surface area contributed by atoms with E-state index < -0.39 is 0 Å². The van der Waals surface area contributed by atoms with Crippen molar-refractivity contribution in [2.24, 2.45) is 0 Å². The molecule has 0 spiro atoms. The summed E-state index contributed by atoms with van der Waals surface area (Å²) in [5.74, 6) is -0.351. The highest BCUT2D eigenvalue weighted by atomic mass is 32.1. The molecular weight excluding hydrogens is 569 g/mol. The van der Waals surface area contributed by atoms with E-state index in [2.05, 4.69) is 95.8 Å². The molecule has 2 aromatic carbocycles. The van der Waals surface area contributed by atoms with Crippen LogP contribution in [-0.4, -0.2) is 16.6 Å². The van der Waals surface area contributed by atoms with Gasteiger partial charge in [0.1, 0.15) is 0 Å². The van der Waals surface area contributed by atoms with Crippen molar-refractivity contribution >= 4 is 57.4 Å². The maximum absolute atomic E-state index is 12.9. The molecule has 0 unspecified atom stereocenters. The number of carbonyl (C=O) groups excluding carboxylic acids is 2. The SMILES string of the molecule is Cc1ccc(N(c2cc(C)c(C)c(C)c2)c2cnc3c(c2)C(C)(C)c2cc(C=C4C(=O)c5cscc5C4=O)sc2-3)cc1C. The first-order valence-corrected chi connectivity index (χ1v) is 16.2. The van der Waals surface area contributed by atoms with Crippen LogP contribution in [0.15, 0.2) is 65.0 Å². The molecule has 214 valence electrons. The summed E-state index contributed by atoms with van der Waals surface area (Å²) in [5, 5.41) is 3.54. The number of benzene rings is 2. The third kappa shape index (κ3) is 4.19. The number of aromatic nitrogens is 1. The molecule has 7 rings (SSSR count). The van der Waals surface area contributed by atoms with E-state index in [0.29, 0.717) is 11.1 Å². The Kier molecular flexibility index (Phi) is 6.24. The van der Waals surface area contributed by atoms with Gasteiger partial charge < -0.3 is 4.90 Å². The third-order valence-corrected chi connectivity index (χ3v) is 11.1. The quantitative estimate of drug-likeness (QED) is 0.152. The summed E-state index contributed by atoms with van der Waals surface area (Å²) in [4.78, 5) is 35.2. The highest BCUT2D eigenvalue weighted by Crippen LogP contribution is 2.53. The van der Waals surface area contributed by atoms with Gasteiger partial charge in [0.15, 0.2) is 11.6 Å². The monoisotopic (exact) mass is 600 g/mol. The van der Waals surface area contributed by atoms with Crippen molar-refractivity contribution in [2.75, 3.05) is 4.90 Å². The van der Waals surface area contributed by atoms with Crippen molar-refractivity contribution < 1.29 is 9.59 Å². The Hall–Kier alpha value is -4.13. The van der Waals surface area contributed by atoms with E-state index in [1.807, 2.05) is 6.20 Å². The van der Waals surface area contributed by atoms with Crippen LogP contribution in [0.5, 0.6) is 0 Å². The molecule has 0 atom stereocenters. The molecular formula is C37H32N2O2S2. The highest BCUT2D eigenvalue weighted by Gasteiger charge is 2.40. The molecule has 0 amide bonds. The number of carbonyl (C=O) groups is 2. The van der Waals surface area contributed by atoms with E-state index in [1.165, 1.54) is 50.3 Å². The first kappa shape index (κ1) is 27.7. The van der Waals surface area contributed by atoms with Crippen LogP contribution < -0.4 is 4.90 Å². The predicted molar refractivity (Wildman–Crippen MR) is 179 cm³/mol. The van der Waals surface area contributed by atoms with Crippen LogP contribution in [-0.2, 0) is 5.41 Å². The number of Topliss-reactive ketones (excluding diaryl/α,β-unsaturated/α-hetero) is 2. The molecule has 43 heavy (non-hydrogen) atoms. The lowest BCUT2D eigenvalue weighted by molar-refractivity contribution is 0.0990. The second-order valence-electron chi connectivity index (χ2n) is 12.3. The van der Waals surface area contributed by atoms with Gasteiger partial charge >= 0.3 is 0 Å². The standard InChI is InChI=1S/C37H32N2O2S2/c1-19-8-9-24(10-20(19)2)39(25-11-21(3)23(5)22(4)12-25)26-13-31-33(38-16-26)36-32(37(31,6)7)15-27(43-36)14-28-34(40)29-17-42-18-30(29)35(28)41/h8-18H,1-7H3. The van der Waals surface area contributed by atoms with Crippen molar-refractivity contribution in [2.45, 2.75) is 53.9 Å². The second kappa shape index (κ2) is 9.69. The summed E-state index contributed by atoms with van der Waals surface area (Å²) in [6.45, 7) is 15.3. The summed E-state index contributed by atoms with van der Waals surface area (Å²) in [6.07, 6.45) is 3.75. The highest BCUT2D eigenvalue weighted by molar-refractivity contribution is 7.16. The minimum absolute atomic E-state index is 0.176. The smallest absolute Gasteiger partial charge is 0.198 e. The summed E-state index contributed by atoms with van der Waals surface area (Å²) in [6, 6.07) is 15.6. The lowest BCUT2D eigenvalue weighted by atomic mass is 9.83. The number of thiophene rings is 2. The first-order valence-electron chi connectivity index (χ1n) is 14.4. The van der Waals surface area contributed by atoms with Gasteiger partial charge in [0.2, 0.25) is 0 Å². The molecule has 4 nitrogen and oxygen atoms in total. The van der Waals surface area contributed by atoms with E-state index >= 15 is 0 Å². The zero-order valence-corrected chi connectivity index (χ0v) is 27.0. The average molecular weight is 601 g/mol. The Morgan fingerprint density at radius 2 is 1.40 bits per heavy atom. The Morgan fingerprint density at radius 1 is 0.744 bits per heavy atom. The number of ketones is 2. The second-order valence-corrected chi connectivity index (χ2v) is 14.2. The van der Waals surface area contributed by atoms with Crippen molar-refractivity contribution in [3.05, 3.63) is 120 Å². The van der Waals surface area contributed by atoms with E-state index in [4.69, 9.17) is 4.98 Å². The topological polar surface area (TPSA) is 50.3 Å². The molecule has 0 bridgehead atoms. The zero-order valence-electron chi connectivity index (χ0n) is 25.4. The summed E-state index contributed by atoms with van der Waals surface area (Å²) in [7, 11) is 0. The van der Waals surface area contributed by atoms with E-state index in [-0.39, 0.29) is 22.6 Å².